The summed E-state index contributed by atoms with van der Waals surface area (Å²) in [5, 5.41) is 2.62. The van der Waals surface area contributed by atoms with E-state index in [1.807, 2.05) is 25.1 Å². The normalized spacial score (nSPS) is 10.3. The molecule has 0 spiro atoms. The van der Waals surface area contributed by atoms with Gasteiger partial charge in [-0.3, -0.25) is 9.59 Å². The zero-order valence-electron chi connectivity index (χ0n) is 16.6. The summed E-state index contributed by atoms with van der Waals surface area (Å²) in [5.41, 5.74) is 7.25. The number of carbonyl (C=O) groups excluding carboxylic acids is 3. The van der Waals surface area contributed by atoms with E-state index in [1.165, 1.54) is 7.05 Å². The van der Waals surface area contributed by atoms with Gasteiger partial charge in [0.05, 0.1) is 19.6 Å². The largest absolute Gasteiger partial charge is 0.493 e. The maximum atomic E-state index is 12.2. The molecule has 0 aliphatic rings. The van der Waals surface area contributed by atoms with E-state index in [9.17, 15) is 14.4 Å². The Kier molecular flexibility index (Phi) is 8.02. The molecule has 0 fully saturated rings. The molecule has 1 heterocycles. The summed E-state index contributed by atoms with van der Waals surface area (Å²) in [5.74, 6) is -0.952. The van der Waals surface area contributed by atoms with Crippen LogP contribution in [0.3, 0.4) is 0 Å². The van der Waals surface area contributed by atoms with Gasteiger partial charge in [0.25, 0.3) is 5.91 Å². The van der Waals surface area contributed by atoms with Crippen molar-refractivity contribution in [3.8, 4) is 5.75 Å². The summed E-state index contributed by atoms with van der Waals surface area (Å²) < 4.78 is 15.8. The van der Waals surface area contributed by atoms with Crippen molar-refractivity contribution in [1.29, 1.82) is 0 Å². The average Bonchev–Trinajstić information content (AvgIpc) is 3.02. The quantitative estimate of drug-likeness (QED) is 0.599. The summed E-state index contributed by atoms with van der Waals surface area (Å²) >= 11 is 0.945. The third kappa shape index (κ3) is 5.95. The first kappa shape index (κ1) is 22.2. The number of nitrogen functional groups attached to an aromatic ring is 1. The lowest BCUT2D eigenvalue weighted by atomic mass is 10.1. The SMILES string of the molecule is CCOC(=O)c1c(N)sc(C(=O)NC)c1COC(=O)CCOc1cccc(C)c1. The monoisotopic (exact) mass is 420 g/mol. The number of hydrogen-bond acceptors (Lipinski definition) is 8. The Labute approximate surface area is 172 Å². The van der Waals surface area contributed by atoms with Crippen molar-refractivity contribution in [2.75, 3.05) is 26.0 Å². The number of hydrogen-bond donors (Lipinski definition) is 2. The van der Waals surface area contributed by atoms with Crippen LogP contribution in [0, 0.1) is 6.92 Å². The number of carbonyl (C=O) groups is 3. The number of benzene rings is 1. The van der Waals surface area contributed by atoms with Crippen LogP contribution in [0.4, 0.5) is 5.00 Å². The molecule has 2 aromatic rings. The molecule has 1 aromatic heterocycles. The van der Waals surface area contributed by atoms with E-state index >= 15 is 0 Å². The van der Waals surface area contributed by atoms with Crippen molar-refractivity contribution in [2.45, 2.75) is 26.9 Å². The van der Waals surface area contributed by atoms with Gasteiger partial charge in [0, 0.05) is 12.6 Å². The third-order valence-corrected chi connectivity index (χ3v) is 4.95. The van der Waals surface area contributed by atoms with E-state index in [1.54, 1.807) is 13.0 Å². The number of amides is 1. The fourth-order valence-corrected chi connectivity index (χ4v) is 3.54. The van der Waals surface area contributed by atoms with Crippen LogP contribution in [0.25, 0.3) is 0 Å². The van der Waals surface area contributed by atoms with Crippen molar-refractivity contribution >= 4 is 34.2 Å². The molecule has 156 valence electrons. The fraction of sp³-hybridized carbons (Fsp3) is 0.350. The second-order valence-corrected chi connectivity index (χ2v) is 7.08. The van der Waals surface area contributed by atoms with Crippen LogP contribution in [-0.4, -0.2) is 38.1 Å². The second-order valence-electron chi connectivity index (χ2n) is 6.02. The van der Waals surface area contributed by atoms with Gasteiger partial charge in [0.2, 0.25) is 0 Å². The van der Waals surface area contributed by atoms with Crippen LogP contribution in [0.15, 0.2) is 24.3 Å². The van der Waals surface area contributed by atoms with E-state index in [0.29, 0.717) is 5.75 Å². The van der Waals surface area contributed by atoms with Crippen LogP contribution in [-0.2, 0) is 20.9 Å². The van der Waals surface area contributed by atoms with Crippen molar-refractivity contribution in [3.63, 3.8) is 0 Å². The van der Waals surface area contributed by atoms with Gasteiger partial charge < -0.3 is 25.3 Å². The van der Waals surface area contributed by atoms with E-state index < -0.39 is 17.8 Å². The van der Waals surface area contributed by atoms with Crippen molar-refractivity contribution < 1.29 is 28.6 Å². The molecule has 0 aliphatic heterocycles. The van der Waals surface area contributed by atoms with Crippen LogP contribution in [0.2, 0.25) is 0 Å². The number of thiophene rings is 1. The minimum Gasteiger partial charge on any atom is -0.493 e. The van der Waals surface area contributed by atoms with Gasteiger partial charge in [0.1, 0.15) is 27.8 Å². The molecule has 3 N–H and O–H groups in total. The van der Waals surface area contributed by atoms with E-state index in [2.05, 4.69) is 5.32 Å². The van der Waals surface area contributed by atoms with E-state index in [-0.39, 0.29) is 47.2 Å². The molecule has 0 bridgehead atoms. The first-order valence-electron chi connectivity index (χ1n) is 9.02. The van der Waals surface area contributed by atoms with Crippen LogP contribution in [0.5, 0.6) is 5.75 Å². The molecular weight excluding hydrogens is 396 g/mol. The number of rotatable bonds is 9. The first-order valence-corrected chi connectivity index (χ1v) is 9.84. The van der Waals surface area contributed by atoms with Crippen LogP contribution in [0.1, 0.15) is 44.5 Å². The van der Waals surface area contributed by atoms with E-state index in [0.717, 1.165) is 16.9 Å². The second kappa shape index (κ2) is 10.5. The van der Waals surface area contributed by atoms with Gasteiger partial charge in [-0.1, -0.05) is 12.1 Å². The number of nitrogens with one attached hydrogen (secondary N) is 1. The Morgan fingerprint density at radius 1 is 1.21 bits per heavy atom. The Morgan fingerprint density at radius 2 is 1.97 bits per heavy atom. The highest BCUT2D eigenvalue weighted by Gasteiger charge is 2.27. The van der Waals surface area contributed by atoms with E-state index in [4.69, 9.17) is 19.9 Å². The zero-order valence-corrected chi connectivity index (χ0v) is 17.4. The standard InChI is InChI=1S/C20H24N2O6S/c1-4-26-20(25)16-14(17(19(24)22-3)29-18(16)21)11-28-15(23)8-9-27-13-7-5-6-12(2)10-13/h5-7,10H,4,8-9,11,21H2,1-3H3,(H,22,24). The molecular formula is C20H24N2O6S. The van der Waals surface area contributed by atoms with Crippen LogP contribution < -0.4 is 15.8 Å². The summed E-state index contributed by atoms with van der Waals surface area (Å²) in [4.78, 5) is 36.6. The maximum Gasteiger partial charge on any atom is 0.341 e. The summed E-state index contributed by atoms with van der Waals surface area (Å²) in [6.07, 6.45) is 0.0115. The third-order valence-electron chi connectivity index (χ3n) is 3.89. The molecule has 9 heteroatoms. The molecule has 2 rings (SSSR count). The van der Waals surface area contributed by atoms with Crippen molar-refractivity contribution in [3.05, 3.63) is 45.8 Å². The Hall–Kier alpha value is -3.07. The lowest BCUT2D eigenvalue weighted by Gasteiger charge is -2.10. The molecule has 0 unspecified atom stereocenters. The molecule has 29 heavy (non-hydrogen) atoms. The Morgan fingerprint density at radius 3 is 2.62 bits per heavy atom. The summed E-state index contributed by atoms with van der Waals surface area (Å²) in [7, 11) is 1.46. The lowest BCUT2D eigenvalue weighted by Crippen LogP contribution is -2.20. The Bertz CT molecular complexity index is 893. The minimum absolute atomic E-state index is 0.0115. The predicted octanol–water partition coefficient (Wildman–Crippen LogP) is 2.69. The molecule has 1 aromatic carbocycles. The van der Waals surface area contributed by atoms with Gasteiger partial charge >= 0.3 is 11.9 Å². The number of anilines is 1. The summed E-state index contributed by atoms with van der Waals surface area (Å²) in [6.45, 7) is 3.63. The summed E-state index contributed by atoms with van der Waals surface area (Å²) in [6, 6.07) is 7.47. The molecule has 0 atom stereocenters. The van der Waals surface area contributed by atoms with Crippen molar-refractivity contribution in [1.82, 2.24) is 5.32 Å². The Balaban J connectivity index is 2.03. The average molecular weight is 420 g/mol. The molecule has 0 radical (unpaired) electrons. The highest BCUT2D eigenvalue weighted by atomic mass is 32.1. The number of nitrogens with two attached hydrogens (primary N) is 1. The zero-order chi connectivity index (χ0) is 21.4. The molecule has 0 aliphatic carbocycles. The lowest BCUT2D eigenvalue weighted by molar-refractivity contribution is -0.145. The number of esters is 2. The minimum atomic E-state index is -0.662. The van der Waals surface area contributed by atoms with Gasteiger partial charge in [0.15, 0.2) is 0 Å². The molecule has 0 saturated heterocycles. The molecule has 0 saturated carbocycles. The van der Waals surface area contributed by atoms with Gasteiger partial charge in [-0.2, -0.15) is 0 Å². The fourth-order valence-electron chi connectivity index (χ4n) is 2.53. The highest BCUT2D eigenvalue weighted by molar-refractivity contribution is 7.18. The first-order chi connectivity index (χ1) is 13.9. The molecule has 8 nitrogen and oxygen atoms in total. The predicted molar refractivity (Wildman–Crippen MR) is 109 cm³/mol. The van der Waals surface area contributed by atoms with Crippen molar-refractivity contribution in [2.24, 2.45) is 0 Å². The topological polar surface area (TPSA) is 117 Å². The highest BCUT2D eigenvalue weighted by Crippen LogP contribution is 2.32. The number of aryl methyl sites for hydroxylation is 1. The number of ether oxygens (including phenoxy) is 3. The van der Waals surface area contributed by atoms with Gasteiger partial charge in [-0.05, 0) is 31.5 Å². The van der Waals surface area contributed by atoms with Gasteiger partial charge in [-0.15, -0.1) is 11.3 Å². The smallest absolute Gasteiger partial charge is 0.341 e. The maximum absolute atomic E-state index is 12.2. The van der Waals surface area contributed by atoms with Crippen LogP contribution >= 0.6 is 11.3 Å². The molecule has 1 amide bonds. The van der Waals surface area contributed by atoms with Gasteiger partial charge in [-0.25, -0.2) is 4.79 Å².